The molecule has 2 unspecified atom stereocenters. The third-order valence-electron chi connectivity index (χ3n) is 12.4. The predicted octanol–water partition coefficient (Wildman–Crippen LogP) is 13.5. The van der Waals surface area contributed by atoms with Gasteiger partial charge in [0.1, 0.15) is 0 Å². The minimum atomic E-state index is -2.76. The van der Waals surface area contributed by atoms with Crippen LogP contribution in [0.3, 0.4) is 0 Å². The second-order valence-corrected chi connectivity index (χ2v) is 22.6. The Bertz CT molecular complexity index is 2340. The van der Waals surface area contributed by atoms with E-state index in [0.29, 0.717) is 11.8 Å². The number of aryl methyl sites for hydroxylation is 1. The second-order valence-electron chi connectivity index (χ2n) is 16.2. The number of hydrogen-bond donors (Lipinski definition) is 0. The fraction of sp³-hybridized carbons (Fsp3) is 0.255. The van der Waals surface area contributed by atoms with E-state index in [0.717, 1.165) is 51.4 Å². The van der Waals surface area contributed by atoms with Crippen LogP contribution in [0.25, 0.3) is 11.1 Å². The molecule has 0 saturated carbocycles. The molecule has 0 aliphatic heterocycles. The molecule has 56 heavy (non-hydrogen) atoms. The summed E-state index contributed by atoms with van der Waals surface area (Å²) in [5.74, 6) is 0.762. The fourth-order valence-corrected chi connectivity index (χ4v) is 18.5. The summed E-state index contributed by atoms with van der Waals surface area (Å²) >= 11 is -2.76. The fourth-order valence-electron chi connectivity index (χ4n) is 9.80. The summed E-state index contributed by atoms with van der Waals surface area (Å²) < 4.78 is 5.27. The van der Waals surface area contributed by atoms with E-state index in [9.17, 15) is 0 Å². The molecule has 2 atom stereocenters. The first-order valence-corrected chi connectivity index (χ1v) is 24.8. The molecule has 0 aromatic heterocycles. The van der Waals surface area contributed by atoms with E-state index in [1.807, 2.05) is 0 Å². The van der Waals surface area contributed by atoms with Gasteiger partial charge in [0.15, 0.2) is 0 Å². The maximum atomic E-state index is 2.68. The van der Waals surface area contributed by atoms with E-state index in [-0.39, 0.29) is 0 Å². The quantitative estimate of drug-likeness (QED) is 0.103. The van der Waals surface area contributed by atoms with E-state index in [4.69, 9.17) is 0 Å². The van der Waals surface area contributed by atoms with Gasteiger partial charge in [0.05, 0.1) is 0 Å². The summed E-state index contributed by atoms with van der Waals surface area (Å²) in [6.07, 6.45) is 16.1. The molecule has 0 fully saturated rings. The molecule has 0 bridgehead atoms. The van der Waals surface area contributed by atoms with Gasteiger partial charge in [0.25, 0.3) is 0 Å². The van der Waals surface area contributed by atoms with Crippen molar-refractivity contribution in [2.24, 2.45) is 0 Å². The van der Waals surface area contributed by atoms with Gasteiger partial charge in [-0.05, 0) is 0 Å². The molecule has 6 aromatic carbocycles. The molecule has 1 heteroatoms. The molecule has 0 amide bonds. The minimum absolute atomic E-state index is 0.364. The van der Waals surface area contributed by atoms with Crippen LogP contribution in [0.1, 0.15) is 113 Å². The molecule has 2 aliphatic rings. The van der Waals surface area contributed by atoms with Crippen molar-refractivity contribution in [3.8, 4) is 11.1 Å². The number of fused-ring (bicyclic) bond motifs is 3. The Morgan fingerprint density at radius 1 is 0.607 bits per heavy atom. The Labute approximate surface area is 344 Å². The van der Waals surface area contributed by atoms with Crippen molar-refractivity contribution < 1.29 is 21.3 Å². The van der Waals surface area contributed by atoms with Crippen molar-refractivity contribution in [1.29, 1.82) is 0 Å². The van der Waals surface area contributed by atoms with Gasteiger partial charge >= 0.3 is 346 Å². The monoisotopic (exact) mass is 806 g/mol. The number of hydrogen-bond acceptors (Lipinski definition) is 0. The zero-order valence-corrected chi connectivity index (χ0v) is 36.3. The first-order valence-electron chi connectivity index (χ1n) is 21.1. The molecule has 6 aromatic rings. The van der Waals surface area contributed by atoms with Crippen molar-refractivity contribution in [3.63, 3.8) is 0 Å². The molecule has 0 spiro atoms. The average molecular weight is 808 g/mol. The van der Waals surface area contributed by atoms with Crippen LogP contribution in [0.4, 0.5) is 0 Å². The standard InChI is InChI=1S/C35H37.C15H14.C5H5.Zr/c1-5-13-30(26-15-9-7-10-16-26)32-22-34-28(19-24(32)3)21-29-20-25(4)33(23-35(29)34)31(14-6-2)27-17-11-8-12-18-27;1-3-8-14(9-4-1)12-7-13-15-10-5-2-6-11-15;1-2-4-5-3-1;/h7-12,15-19,22-23,30-31H,5-6,13-14,21H2,1-4H3;1-6,8-11H,12-13H2;1-3H,4H2;. The van der Waals surface area contributed by atoms with Crippen molar-refractivity contribution in [2.75, 3.05) is 0 Å². The summed E-state index contributed by atoms with van der Waals surface area (Å²) in [7, 11) is 0. The molecular formula is C55H56Zr. The van der Waals surface area contributed by atoms with E-state index in [2.05, 4.69) is 185 Å². The molecule has 0 saturated heterocycles. The van der Waals surface area contributed by atoms with Crippen LogP contribution in [0.5, 0.6) is 0 Å². The van der Waals surface area contributed by atoms with Gasteiger partial charge in [0.2, 0.25) is 0 Å². The topological polar surface area (TPSA) is 0 Å². The first-order chi connectivity index (χ1) is 27.5. The van der Waals surface area contributed by atoms with Crippen LogP contribution < -0.4 is 3.27 Å². The second kappa shape index (κ2) is 17.8. The van der Waals surface area contributed by atoms with Gasteiger partial charge in [-0.3, -0.25) is 0 Å². The molecule has 2 aliphatic carbocycles. The SMILES string of the molecule is CCCC(c1ccccc1)c1cc2c(cc1C)Cc1c-2cc(C(CCC)c2ccccc2)c(C)[c]1[Zr]([C]1=CC=CC1)=[C](Cc1ccccc1)Cc1ccccc1. The van der Waals surface area contributed by atoms with Crippen LogP contribution in [0.2, 0.25) is 0 Å². The molecule has 0 N–H and O–H groups in total. The first kappa shape index (κ1) is 38.4. The number of allylic oxidation sites excluding steroid dienone is 4. The zero-order chi connectivity index (χ0) is 38.4. The summed E-state index contributed by atoms with van der Waals surface area (Å²) in [4.78, 5) is 0. The maximum absolute atomic E-state index is 2.76. The van der Waals surface area contributed by atoms with Gasteiger partial charge in [-0.2, -0.15) is 0 Å². The summed E-state index contributed by atoms with van der Waals surface area (Å²) in [6.45, 7) is 9.60. The van der Waals surface area contributed by atoms with Crippen molar-refractivity contribution >= 4 is 6.48 Å². The number of benzene rings is 6. The summed E-state index contributed by atoms with van der Waals surface area (Å²) in [5.41, 5.74) is 18.0. The van der Waals surface area contributed by atoms with Crippen molar-refractivity contribution in [1.82, 2.24) is 0 Å². The summed E-state index contributed by atoms with van der Waals surface area (Å²) in [5, 5.41) is 0. The zero-order valence-electron chi connectivity index (χ0n) is 33.8. The van der Waals surface area contributed by atoms with Crippen molar-refractivity contribution in [2.45, 2.75) is 90.9 Å². The third-order valence-corrected chi connectivity index (χ3v) is 20.4. The van der Waals surface area contributed by atoms with Crippen LogP contribution in [0, 0.1) is 13.8 Å². The third kappa shape index (κ3) is 8.04. The van der Waals surface area contributed by atoms with Crippen LogP contribution in [-0.2, 0) is 40.5 Å². The number of rotatable bonds is 14. The Kier molecular flexibility index (Phi) is 12.2. The normalized spacial score (nSPS) is 13.9. The van der Waals surface area contributed by atoms with Gasteiger partial charge < -0.3 is 0 Å². The Balaban J connectivity index is 1.42. The van der Waals surface area contributed by atoms with Crippen LogP contribution >= 0.6 is 0 Å². The molecule has 8 rings (SSSR count). The van der Waals surface area contributed by atoms with Crippen LogP contribution in [0.15, 0.2) is 161 Å². The Morgan fingerprint density at radius 2 is 1.12 bits per heavy atom. The van der Waals surface area contributed by atoms with Gasteiger partial charge in [-0.15, -0.1) is 0 Å². The Hall–Kier alpha value is -4.45. The molecule has 0 nitrogen and oxygen atoms in total. The van der Waals surface area contributed by atoms with Gasteiger partial charge in [0, 0.05) is 0 Å². The van der Waals surface area contributed by atoms with Crippen molar-refractivity contribution in [3.05, 3.63) is 217 Å². The van der Waals surface area contributed by atoms with E-state index in [1.54, 1.807) is 26.4 Å². The average Bonchev–Trinajstić information content (AvgIpc) is 3.89. The molecule has 0 heterocycles. The van der Waals surface area contributed by atoms with Gasteiger partial charge in [-0.25, -0.2) is 0 Å². The summed E-state index contributed by atoms with van der Waals surface area (Å²) in [6, 6.07) is 53.2. The molecule has 280 valence electrons. The molecule has 0 radical (unpaired) electrons. The Morgan fingerprint density at radius 3 is 1.64 bits per heavy atom. The van der Waals surface area contributed by atoms with Crippen LogP contribution in [-0.4, -0.2) is 3.21 Å². The molecular weight excluding hydrogens is 752 g/mol. The van der Waals surface area contributed by atoms with Gasteiger partial charge in [-0.1, -0.05) is 0 Å². The predicted molar refractivity (Wildman–Crippen MR) is 237 cm³/mol. The van der Waals surface area contributed by atoms with E-state index < -0.39 is 21.3 Å². The van der Waals surface area contributed by atoms with E-state index in [1.165, 1.54) is 50.1 Å². The van der Waals surface area contributed by atoms with E-state index >= 15 is 0 Å².